The van der Waals surface area contributed by atoms with Crippen molar-refractivity contribution >= 4 is 22.5 Å². The van der Waals surface area contributed by atoms with E-state index in [0.29, 0.717) is 29.6 Å². The summed E-state index contributed by atoms with van der Waals surface area (Å²) < 4.78 is 0. The van der Waals surface area contributed by atoms with E-state index in [1.54, 1.807) is 19.1 Å². The van der Waals surface area contributed by atoms with Gasteiger partial charge in [-0.05, 0) is 38.0 Å². The maximum atomic E-state index is 12.5. The number of hydrogen-bond acceptors (Lipinski definition) is 5. The molecule has 0 aliphatic rings. The molecule has 140 valence electrons. The monoisotopic (exact) mass is 365 g/mol. The molecule has 0 radical (unpaired) electrons. The molecule has 2 heterocycles. The summed E-state index contributed by atoms with van der Waals surface area (Å²) in [5.41, 5.74) is 1.44. The topological polar surface area (TPSA) is 99.8 Å². The number of nitrogens with zero attached hydrogens (tertiary/aromatic N) is 2. The summed E-state index contributed by atoms with van der Waals surface area (Å²) in [6.45, 7) is 5.04. The molecule has 3 N–H and O–H groups in total. The van der Waals surface area contributed by atoms with E-state index in [0.717, 1.165) is 17.8 Å². The number of rotatable bonds is 7. The highest BCUT2D eigenvalue weighted by Crippen LogP contribution is 2.20. The summed E-state index contributed by atoms with van der Waals surface area (Å²) in [4.78, 5) is 28.6. The summed E-state index contributed by atoms with van der Waals surface area (Å²) in [5.74, 6) is 0.246. The maximum absolute atomic E-state index is 12.5. The minimum Gasteiger partial charge on any atom is -0.370 e. The van der Waals surface area contributed by atoms with Crippen molar-refractivity contribution in [2.24, 2.45) is 0 Å². The molecule has 0 saturated carbocycles. The van der Waals surface area contributed by atoms with E-state index in [9.17, 15) is 9.59 Å². The number of aromatic amines is 1. The van der Waals surface area contributed by atoms with E-state index in [1.807, 2.05) is 37.4 Å². The average molecular weight is 365 g/mol. The van der Waals surface area contributed by atoms with Gasteiger partial charge in [-0.2, -0.15) is 5.10 Å². The average Bonchev–Trinajstić information content (AvgIpc) is 2.69. The molecule has 7 heteroatoms. The second-order valence-corrected chi connectivity index (χ2v) is 6.50. The van der Waals surface area contributed by atoms with Crippen LogP contribution in [0, 0.1) is 6.92 Å². The molecular formula is C20H23N5O2. The predicted molar refractivity (Wildman–Crippen MR) is 106 cm³/mol. The molecule has 0 fully saturated rings. The molecule has 2 aromatic heterocycles. The van der Waals surface area contributed by atoms with E-state index < -0.39 is 5.92 Å². The molecule has 0 aliphatic carbocycles. The Morgan fingerprint density at radius 2 is 1.93 bits per heavy atom. The van der Waals surface area contributed by atoms with Crippen LogP contribution in [-0.2, 0) is 4.79 Å². The van der Waals surface area contributed by atoms with Crippen LogP contribution in [0.2, 0.25) is 0 Å². The van der Waals surface area contributed by atoms with Crippen molar-refractivity contribution in [1.82, 2.24) is 20.5 Å². The van der Waals surface area contributed by atoms with Gasteiger partial charge in [-0.3, -0.25) is 9.59 Å². The van der Waals surface area contributed by atoms with Gasteiger partial charge in [0.1, 0.15) is 5.82 Å². The zero-order chi connectivity index (χ0) is 19.2. The smallest absolute Gasteiger partial charge is 0.272 e. The number of fused-ring (bicyclic) bond motifs is 1. The van der Waals surface area contributed by atoms with Crippen molar-refractivity contribution in [2.45, 2.75) is 26.2 Å². The minimum absolute atomic E-state index is 0.117. The number of pyridine rings is 1. The molecule has 3 rings (SSSR count). The first-order valence-corrected chi connectivity index (χ1v) is 8.98. The van der Waals surface area contributed by atoms with Crippen molar-refractivity contribution in [3.8, 4) is 0 Å². The number of aromatic nitrogens is 3. The van der Waals surface area contributed by atoms with Crippen molar-refractivity contribution in [3.63, 3.8) is 0 Å². The van der Waals surface area contributed by atoms with Gasteiger partial charge in [0.25, 0.3) is 5.56 Å². The number of carbonyl (C=O) groups is 1. The Morgan fingerprint density at radius 1 is 1.15 bits per heavy atom. The number of benzene rings is 1. The molecule has 27 heavy (non-hydrogen) atoms. The number of H-pyrrole nitrogens is 1. The normalized spacial score (nSPS) is 11.9. The van der Waals surface area contributed by atoms with Crippen LogP contribution in [0.1, 0.15) is 30.5 Å². The molecule has 1 amide bonds. The number of anilines is 1. The van der Waals surface area contributed by atoms with Crippen molar-refractivity contribution in [1.29, 1.82) is 0 Å². The second kappa shape index (κ2) is 8.44. The predicted octanol–water partition coefficient (Wildman–Crippen LogP) is 2.35. The van der Waals surface area contributed by atoms with Gasteiger partial charge in [0.2, 0.25) is 5.91 Å². The zero-order valence-electron chi connectivity index (χ0n) is 15.5. The van der Waals surface area contributed by atoms with Crippen LogP contribution in [-0.4, -0.2) is 34.2 Å². The Balaban J connectivity index is 1.53. The van der Waals surface area contributed by atoms with Crippen LogP contribution in [0.25, 0.3) is 10.8 Å². The van der Waals surface area contributed by atoms with Gasteiger partial charge in [-0.1, -0.05) is 24.3 Å². The largest absolute Gasteiger partial charge is 0.370 e. The first-order chi connectivity index (χ1) is 13.1. The second-order valence-electron chi connectivity index (χ2n) is 6.50. The molecule has 0 aliphatic heterocycles. The zero-order valence-corrected chi connectivity index (χ0v) is 15.5. The first-order valence-electron chi connectivity index (χ1n) is 8.98. The summed E-state index contributed by atoms with van der Waals surface area (Å²) >= 11 is 0. The number of aryl methyl sites for hydroxylation is 1. The van der Waals surface area contributed by atoms with Gasteiger partial charge < -0.3 is 10.6 Å². The Kier molecular flexibility index (Phi) is 5.80. The lowest BCUT2D eigenvalue weighted by molar-refractivity contribution is -0.122. The molecule has 0 spiro atoms. The van der Waals surface area contributed by atoms with Crippen LogP contribution in [0.15, 0.2) is 47.4 Å². The van der Waals surface area contributed by atoms with Crippen LogP contribution in [0.5, 0.6) is 0 Å². The highest BCUT2D eigenvalue weighted by Gasteiger charge is 2.19. The number of hydrogen-bond donors (Lipinski definition) is 3. The molecule has 1 aromatic carbocycles. The van der Waals surface area contributed by atoms with Gasteiger partial charge in [0, 0.05) is 24.7 Å². The third-order valence-corrected chi connectivity index (χ3v) is 4.40. The standard InChI is InChI=1S/C20H23N5O2/c1-13-8-9-17(23-12-13)21-10-5-11-22-19(26)14(2)18-15-6-3-4-7-16(15)20(27)25-24-18/h3-4,6-9,12,14H,5,10-11H2,1-2H3,(H,21,23)(H,22,26)(H,25,27). The highest BCUT2D eigenvalue weighted by atomic mass is 16.2. The summed E-state index contributed by atoms with van der Waals surface area (Å²) in [7, 11) is 0. The summed E-state index contributed by atoms with van der Waals surface area (Å²) in [6.07, 6.45) is 2.58. The van der Waals surface area contributed by atoms with Gasteiger partial charge in [-0.25, -0.2) is 10.1 Å². The first kappa shape index (κ1) is 18.6. The van der Waals surface area contributed by atoms with Crippen molar-refractivity contribution in [2.75, 3.05) is 18.4 Å². The van der Waals surface area contributed by atoms with Crippen LogP contribution in [0.3, 0.4) is 0 Å². The molecule has 0 bridgehead atoms. The Morgan fingerprint density at radius 3 is 2.67 bits per heavy atom. The fourth-order valence-corrected chi connectivity index (χ4v) is 2.83. The summed E-state index contributed by atoms with van der Waals surface area (Å²) in [5, 5.41) is 14.0. The van der Waals surface area contributed by atoms with Gasteiger partial charge >= 0.3 is 0 Å². The van der Waals surface area contributed by atoms with Crippen molar-refractivity contribution in [3.05, 3.63) is 64.2 Å². The SMILES string of the molecule is Cc1ccc(NCCCNC(=O)C(C)c2n[nH]c(=O)c3ccccc23)nc1. The number of amides is 1. The Labute approximate surface area is 157 Å². The molecule has 3 aromatic rings. The summed E-state index contributed by atoms with van der Waals surface area (Å²) in [6, 6.07) is 11.1. The quantitative estimate of drug-likeness (QED) is 0.558. The van der Waals surface area contributed by atoms with Crippen LogP contribution < -0.4 is 16.2 Å². The molecule has 1 atom stereocenters. The minimum atomic E-state index is -0.460. The third-order valence-electron chi connectivity index (χ3n) is 4.40. The highest BCUT2D eigenvalue weighted by molar-refractivity contribution is 5.90. The van der Waals surface area contributed by atoms with E-state index >= 15 is 0 Å². The third kappa shape index (κ3) is 4.49. The molecular weight excluding hydrogens is 342 g/mol. The van der Waals surface area contributed by atoms with E-state index in [4.69, 9.17) is 0 Å². The van der Waals surface area contributed by atoms with Gasteiger partial charge in [0.05, 0.1) is 17.0 Å². The number of carbonyl (C=O) groups excluding carboxylic acids is 1. The van der Waals surface area contributed by atoms with E-state index in [-0.39, 0.29) is 11.5 Å². The Hall–Kier alpha value is -3.22. The fourth-order valence-electron chi connectivity index (χ4n) is 2.83. The van der Waals surface area contributed by atoms with E-state index in [2.05, 4.69) is 25.8 Å². The maximum Gasteiger partial charge on any atom is 0.272 e. The van der Waals surface area contributed by atoms with Crippen LogP contribution in [0.4, 0.5) is 5.82 Å². The molecule has 0 saturated heterocycles. The van der Waals surface area contributed by atoms with Crippen LogP contribution >= 0.6 is 0 Å². The van der Waals surface area contributed by atoms with Gasteiger partial charge in [0.15, 0.2) is 0 Å². The lowest BCUT2D eigenvalue weighted by Crippen LogP contribution is -2.31. The lowest BCUT2D eigenvalue weighted by Gasteiger charge is -2.13. The fraction of sp³-hybridized carbons (Fsp3) is 0.300. The van der Waals surface area contributed by atoms with E-state index in [1.165, 1.54) is 0 Å². The van der Waals surface area contributed by atoms with Crippen molar-refractivity contribution < 1.29 is 4.79 Å². The molecule has 7 nitrogen and oxygen atoms in total. The Bertz CT molecular complexity index is 982. The van der Waals surface area contributed by atoms with Gasteiger partial charge in [-0.15, -0.1) is 0 Å². The molecule has 1 unspecified atom stereocenters. The lowest BCUT2D eigenvalue weighted by atomic mass is 10.0. The number of nitrogens with one attached hydrogen (secondary N) is 3.